The lowest BCUT2D eigenvalue weighted by Crippen LogP contribution is -2.04. The number of hydrogen-bond acceptors (Lipinski definition) is 1. The smallest absolute Gasteiger partial charge is 0.299 e. The van der Waals surface area contributed by atoms with Gasteiger partial charge in [0.25, 0.3) is 0 Å². The molecule has 0 fully saturated rings. The first kappa shape index (κ1) is 13.2. The Morgan fingerprint density at radius 1 is 1.00 bits per heavy atom. The summed E-state index contributed by atoms with van der Waals surface area (Å²) < 4.78 is 40.3. The molecule has 0 saturated heterocycles. The molecule has 102 valence electrons. The molecule has 0 aliphatic heterocycles. The van der Waals surface area contributed by atoms with Crippen molar-refractivity contribution in [2.75, 3.05) is 0 Å². The fourth-order valence-corrected chi connectivity index (χ4v) is 2.35. The van der Waals surface area contributed by atoms with Gasteiger partial charge in [-0.15, -0.1) is 0 Å². The van der Waals surface area contributed by atoms with Crippen LogP contribution in [0, 0.1) is 0 Å². The minimum Gasteiger partial charge on any atom is -0.299 e. The number of rotatable bonds is 1. The zero-order chi connectivity index (χ0) is 14.3. The molecule has 0 aliphatic carbocycles. The lowest BCUT2D eigenvalue weighted by Gasteiger charge is -2.08. The maximum absolute atomic E-state index is 12.5. The van der Waals surface area contributed by atoms with Crippen LogP contribution in [-0.2, 0) is 6.18 Å². The monoisotopic (exact) mass is 340 g/mol. The van der Waals surface area contributed by atoms with Crippen LogP contribution in [0.1, 0.15) is 5.56 Å². The van der Waals surface area contributed by atoms with Crippen molar-refractivity contribution in [2.45, 2.75) is 6.18 Å². The van der Waals surface area contributed by atoms with E-state index in [0.29, 0.717) is 5.69 Å². The molecule has 0 amide bonds. The van der Waals surface area contributed by atoms with E-state index >= 15 is 0 Å². The number of fused-ring (bicyclic) bond motifs is 1. The second-order valence-electron chi connectivity index (χ2n) is 4.29. The van der Waals surface area contributed by atoms with Gasteiger partial charge in [0, 0.05) is 10.2 Å². The minimum atomic E-state index is -4.32. The maximum Gasteiger partial charge on any atom is 0.416 e. The van der Waals surface area contributed by atoms with Crippen molar-refractivity contribution in [3.8, 4) is 5.69 Å². The molecular formula is C14H8BrF3N2. The third kappa shape index (κ3) is 2.31. The quantitative estimate of drug-likeness (QED) is 0.621. The largest absolute Gasteiger partial charge is 0.416 e. The fraction of sp³-hybridized carbons (Fsp3) is 0.0714. The molecule has 1 heterocycles. The van der Waals surface area contributed by atoms with Gasteiger partial charge in [0.15, 0.2) is 0 Å². The van der Waals surface area contributed by atoms with Gasteiger partial charge < -0.3 is 0 Å². The summed E-state index contributed by atoms with van der Waals surface area (Å²) in [7, 11) is 0. The SMILES string of the molecule is FC(F)(F)c1ccc(-n2cnc3cc(Br)ccc32)cc1. The van der Waals surface area contributed by atoms with Crippen LogP contribution in [0.15, 0.2) is 53.3 Å². The number of nitrogens with zero attached hydrogens (tertiary/aromatic N) is 2. The molecule has 0 saturated carbocycles. The number of aromatic nitrogens is 2. The second-order valence-corrected chi connectivity index (χ2v) is 5.21. The van der Waals surface area contributed by atoms with Crippen LogP contribution in [0.5, 0.6) is 0 Å². The van der Waals surface area contributed by atoms with Crippen LogP contribution in [-0.4, -0.2) is 9.55 Å². The molecule has 0 N–H and O–H groups in total. The van der Waals surface area contributed by atoms with Gasteiger partial charge in [-0.05, 0) is 42.5 Å². The van der Waals surface area contributed by atoms with Gasteiger partial charge in [0.2, 0.25) is 0 Å². The molecule has 0 radical (unpaired) electrons. The van der Waals surface area contributed by atoms with E-state index in [2.05, 4.69) is 20.9 Å². The van der Waals surface area contributed by atoms with E-state index in [1.165, 1.54) is 12.1 Å². The third-order valence-corrected chi connectivity index (χ3v) is 3.48. The Hall–Kier alpha value is -1.82. The lowest BCUT2D eigenvalue weighted by atomic mass is 10.2. The molecule has 1 aromatic heterocycles. The highest BCUT2D eigenvalue weighted by atomic mass is 79.9. The van der Waals surface area contributed by atoms with E-state index in [-0.39, 0.29) is 0 Å². The van der Waals surface area contributed by atoms with Crippen LogP contribution in [0.4, 0.5) is 13.2 Å². The Balaban J connectivity index is 2.07. The summed E-state index contributed by atoms with van der Waals surface area (Å²) in [6.45, 7) is 0. The molecule has 20 heavy (non-hydrogen) atoms. The predicted molar refractivity (Wildman–Crippen MR) is 73.8 cm³/mol. The average molecular weight is 341 g/mol. The van der Waals surface area contributed by atoms with Gasteiger partial charge in [-0.1, -0.05) is 15.9 Å². The first-order chi connectivity index (χ1) is 9.45. The van der Waals surface area contributed by atoms with Crippen LogP contribution < -0.4 is 0 Å². The number of imidazole rings is 1. The normalized spacial score (nSPS) is 12.0. The molecule has 2 aromatic carbocycles. The van der Waals surface area contributed by atoms with Crippen LogP contribution in [0.25, 0.3) is 16.7 Å². The maximum atomic E-state index is 12.5. The van der Waals surface area contributed by atoms with Gasteiger partial charge in [-0.2, -0.15) is 13.2 Å². The Morgan fingerprint density at radius 2 is 1.70 bits per heavy atom. The van der Waals surface area contributed by atoms with Crippen molar-refractivity contribution in [1.82, 2.24) is 9.55 Å². The van der Waals surface area contributed by atoms with Crippen molar-refractivity contribution < 1.29 is 13.2 Å². The van der Waals surface area contributed by atoms with Crippen LogP contribution in [0.3, 0.4) is 0 Å². The molecule has 0 bridgehead atoms. The molecule has 6 heteroatoms. The van der Waals surface area contributed by atoms with E-state index in [0.717, 1.165) is 27.6 Å². The molecule has 0 spiro atoms. The molecule has 0 aliphatic rings. The van der Waals surface area contributed by atoms with Crippen LogP contribution >= 0.6 is 15.9 Å². The first-order valence-electron chi connectivity index (χ1n) is 5.75. The second kappa shape index (κ2) is 4.63. The van der Waals surface area contributed by atoms with E-state index in [1.54, 1.807) is 10.9 Å². The summed E-state index contributed by atoms with van der Waals surface area (Å²) in [5, 5.41) is 0. The summed E-state index contributed by atoms with van der Waals surface area (Å²) in [5.41, 5.74) is 1.60. The molecule has 3 aromatic rings. The van der Waals surface area contributed by atoms with E-state index in [9.17, 15) is 13.2 Å². The van der Waals surface area contributed by atoms with Gasteiger partial charge >= 0.3 is 6.18 Å². The number of benzene rings is 2. The summed E-state index contributed by atoms with van der Waals surface area (Å²) in [6, 6.07) is 10.6. The molecule has 2 nitrogen and oxygen atoms in total. The van der Waals surface area contributed by atoms with E-state index in [1.807, 2.05) is 18.2 Å². The molecular weight excluding hydrogens is 333 g/mol. The van der Waals surface area contributed by atoms with Crippen molar-refractivity contribution in [3.05, 3.63) is 58.8 Å². The Labute approximate surface area is 121 Å². The fourth-order valence-electron chi connectivity index (χ4n) is 2.00. The highest BCUT2D eigenvalue weighted by Gasteiger charge is 2.30. The molecule has 0 unspecified atom stereocenters. The Kier molecular flexibility index (Phi) is 3.05. The Bertz CT molecular complexity index is 760. The predicted octanol–water partition coefficient (Wildman–Crippen LogP) is 4.81. The third-order valence-electron chi connectivity index (χ3n) is 2.98. The summed E-state index contributed by atoms with van der Waals surface area (Å²) in [5.74, 6) is 0. The number of halogens is 4. The average Bonchev–Trinajstić information content (AvgIpc) is 2.80. The van der Waals surface area contributed by atoms with Crippen molar-refractivity contribution in [2.24, 2.45) is 0 Å². The molecule has 3 rings (SSSR count). The summed E-state index contributed by atoms with van der Waals surface area (Å²) >= 11 is 3.36. The number of alkyl halides is 3. The van der Waals surface area contributed by atoms with E-state index in [4.69, 9.17) is 0 Å². The Morgan fingerprint density at radius 3 is 2.35 bits per heavy atom. The van der Waals surface area contributed by atoms with Crippen LogP contribution in [0.2, 0.25) is 0 Å². The van der Waals surface area contributed by atoms with Gasteiger partial charge in [-0.3, -0.25) is 4.57 Å². The van der Waals surface area contributed by atoms with Gasteiger partial charge in [-0.25, -0.2) is 4.98 Å². The lowest BCUT2D eigenvalue weighted by molar-refractivity contribution is -0.137. The minimum absolute atomic E-state index is 0.642. The van der Waals surface area contributed by atoms with Crippen molar-refractivity contribution in [1.29, 1.82) is 0 Å². The zero-order valence-corrected chi connectivity index (χ0v) is 11.6. The van der Waals surface area contributed by atoms with Crippen molar-refractivity contribution >= 4 is 27.0 Å². The van der Waals surface area contributed by atoms with Gasteiger partial charge in [0.05, 0.1) is 16.6 Å². The zero-order valence-electron chi connectivity index (χ0n) is 10.0. The summed E-state index contributed by atoms with van der Waals surface area (Å²) in [4.78, 5) is 4.24. The summed E-state index contributed by atoms with van der Waals surface area (Å²) in [6.07, 6.45) is -2.72. The molecule has 0 atom stereocenters. The highest BCUT2D eigenvalue weighted by molar-refractivity contribution is 9.10. The van der Waals surface area contributed by atoms with E-state index < -0.39 is 11.7 Å². The highest BCUT2D eigenvalue weighted by Crippen LogP contribution is 2.30. The number of hydrogen-bond donors (Lipinski definition) is 0. The van der Waals surface area contributed by atoms with Gasteiger partial charge in [0.1, 0.15) is 6.33 Å². The topological polar surface area (TPSA) is 17.8 Å². The standard InChI is InChI=1S/C14H8BrF3N2/c15-10-3-6-13-12(7-10)19-8-20(13)11-4-1-9(2-5-11)14(16,17)18/h1-8H. The van der Waals surface area contributed by atoms with Crippen molar-refractivity contribution in [3.63, 3.8) is 0 Å². The first-order valence-corrected chi connectivity index (χ1v) is 6.55.